The Bertz CT molecular complexity index is 927. The van der Waals surface area contributed by atoms with Gasteiger partial charge in [0.15, 0.2) is 5.65 Å². The third-order valence-electron chi connectivity index (χ3n) is 4.06. The van der Waals surface area contributed by atoms with Gasteiger partial charge in [-0.1, -0.05) is 0 Å². The van der Waals surface area contributed by atoms with E-state index in [4.69, 9.17) is 0 Å². The van der Waals surface area contributed by atoms with Crippen molar-refractivity contribution in [2.24, 2.45) is 0 Å². The molecule has 7 nitrogen and oxygen atoms in total. The van der Waals surface area contributed by atoms with Gasteiger partial charge in [0.25, 0.3) is 5.91 Å². The number of aliphatic hydroxyl groups excluding tert-OH is 1. The van der Waals surface area contributed by atoms with Gasteiger partial charge in [0.2, 0.25) is 5.82 Å². The number of aliphatic hydroxyl groups is 1. The molecule has 1 aliphatic carbocycles. The molecule has 0 radical (unpaired) electrons. The molecule has 3 aromatic heterocycles. The molecule has 1 atom stereocenters. The lowest BCUT2D eigenvalue weighted by molar-refractivity contribution is 0.0914. The van der Waals surface area contributed by atoms with Crippen LogP contribution >= 0.6 is 11.3 Å². The van der Waals surface area contributed by atoms with Crippen molar-refractivity contribution in [1.82, 2.24) is 24.9 Å². The summed E-state index contributed by atoms with van der Waals surface area (Å²) in [6, 6.07) is 0. The molecule has 8 heteroatoms. The quantitative estimate of drug-likeness (QED) is 0.753. The summed E-state index contributed by atoms with van der Waals surface area (Å²) in [5.41, 5.74) is 2.01. The predicted molar refractivity (Wildman–Crippen MR) is 86.9 cm³/mol. The zero-order valence-corrected chi connectivity index (χ0v) is 13.8. The molecule has 3 aromatic rings. The number of fused-ring (bicyclic) bond motifs is 5. The van der Waals surface area contributed by atoms with E-state index in [2.05, 4.69) is 20.4 Å². The smallest absolute Gasteiger partial charge is 0.291 e. The number of carbonyl (C=O) groups excluding carboxylic acids is 1. The Hall–Kier alpha value is -2.06. The average molecular weight is 331 g/mol. The van der Waals surface area contributed by atoms with Crippen molar-refractivity contribution in [2.75, 3.05) is 6.54 Å². The van der Waals surface area contributed by atoms with Gasteiger partial charge in [0, 0.05) is 11.4 Å². The summed E-state index contributed by atoms with van der Waals surface area (Å²) in [6.07, 6.45) is 2.68. The number of rotatable bonds is 3. The van der Waals surface area contributed by atoms with Crippen LogP contribution in [0.5, 0.6) is 0 Å². The first-order valence-electron chi connectivity index (χ1n) is 7.68. The second-order valence-corrected chi connectivity index (χ2v) is 7.01. The Kier molecular flexibility index (Phi) is 3.31. The molecule has 3 heterocycles. The molecule has 23 heavy (non-hydrogen) atoms. The van der Waals surface area contributed by atoms with Gasteiger partial charge >= 0.3 is 0 Å². The molecule has 2 N–H and O–H groups in total. The molecule has 0 saturated heterocycles. The second kappa shape index (κ2) is 5.24. The van der Waals surface area contributed by atoms with E-state index >= 15 is 0 Å². The average Bonchev–Trinajstić information content (AvgIpc) is 3.17. The first-order valence-corrected chi connectivity index (χ1v) is 8.50. The Morgan fingerprint density at radius 2 is 2.26 bits per heavy atom. The molecular weight excluding hydrogens is 314 g/mol. The number of nitrogens with one attached hydrogen (secondary N) is 1. The van der Waals surface area contributed by atoms with Crippen molar-refractivity contribution in [1.29, 1.82) is 0 Å². The van der Waals surface area contributed by atoms with E-state index in [9.17, 15) is 9.90 Å². The van der Waals surface area contributed by atoms with Crippen LogP contribution in [0.1, 0.15) is 40.2 Å². The Labute approximate surface area is 136 Å². The van der Waals surface area contributed by atoms with Crippen LogP contribution in [-0.4, -0.2) is 43.2 Å². The van der Waals surface area contributed by atoms with Crippen LogP contribution in [0.15, 0.2) is 0 Å². The summed E-state index contributed by atoms with van der Waals surface area (Å²) in [6.45, 7) is 3.65. The minimum atomic E-state index is -0.605. The Morgan fingerprint density at radius 3 is 3.04 bits per heavy atom. The van der Waals surface area contributed by atoms with Gasteiger partial charge in [-0.25, -0.2) is 9.97 Å². The largest absolute Gasteiger partial charge is 0.392 e. The first kappa shape index (κ1) is 14.5. The molecule has 0 saturated carbocycles. The Morgan fingerprint density at radius 1 is 1.43 bits per heavy atom. The first-order chi connectivity index (χ1) is 11.0. The van der Waals surface area contributed by atoms with Crippen LogP contribution in [-0.2, 0) is 12.8 Å². The van der Waals surface area contributed by atoms with Gasteiger partial charge in [-0.2, -0.15) is 4.52 Å². The van der Waals surface area contributed by atoms with Gasteiger partial charge in [0.05, 0.1) is 11.5 Å². The van der Waals surface area contributed by atoms with E-state index < -0.39 is 6.10 Å². The Balaban J connectivity index is 1.85. The van der Waals surface area contributed by atoms with Gasteiger partial charge in [-0.3, -0.25) is 4.79 Å². The highest BCUT2D eigenvalue weighted by Gasteiger charge is 2.24. The molecule has 0 aromatic carbocycles. The van der Waals surface area contributed by atoms with Gasteiger partial charge in [0.1, 0.15) is 10.7 Å². The topological polar surface area (TPSA) is 92.4 Å². The fraction of sp³-hybridized carbons (Fsp3) is 0.467. The normalized spacial score (nSPS) is 15.3. The number of amides is 1. The van der Waals surface area contributed by atoms with Gasteiger partial charge in [-0.05, 0) is 38.7 Å². The zero-order chi connectivity index (χ0) is 16.1. The molecule has 1 aliphatic rings. The van der Waals surface area contributed by atoms with E-state index in [0.717, 1.165) is 35.3 Å². The molecule has 4 rings (SSSR count). The lowest BCUT2D eigenvalue weighted by Crippen LogP contribution is -2.31. The van der Waals surface area contributed by atoms with Crippen molar-refractivity contribution >= 4 is 33.1 Å². The van der Waals surface area contributed by atoms with Crippen LogP contribution in [0.2, 0.25) is 0 Å². The molecule has 0 bridgehead atoms. The lowest BCUT2D eigenvalue weighted by Gasteiger charge is -2.03. The highest BCUT2D eigenvalue weighted by molar-refractivity contribution is 7.19. The molecule has 0 fully saturated rings. The highest BCUT2D eigenvalue weighted by Crippen LogP contribution is 2.38. The lowest BCUT2D eigenvalue weighted by atomic mass is 10.2. The maximum atomic E-state index is 12.2. The molecule has 1 unspecified atom stereocenters. The number of hydrogen-bond donors (Lipinski definition) is 2. The SMILES string of the molecule is Cc1nc2sc3c(c2c2nc(C(=O)NCC(C)O)nn12)CCC3. The fourth-order valence-electron chi connectivity index (χ4n) is 3.01. The van der Waals surface area contributed by atoms with E-state index in [1.54, 1.807) is 22.8 Å². The number of nitrogens with zero attached hydrogens (tertiary/aromatic N) is 4. The summed E-state index contributed by atoms with van der Waals surface area (Å²) in [5.74, 6) is 0.449. The number of thiophene rings is 1. The van der Waals surface area contributed by atoms with Crippen molar-refractivity contribution in [3.05, 3.63) is 22.1 Å². The summed E-state index contributed by atoms with van der Waals surface area (Å²) < 4.78 is 1.64. The van der Waals surface area contributed by atoms with Crippen LogP contribution in [0.3, 0.4) is 0 Å². The monoisotopic (exact) mass is 331 g/mol. The van der Waals surface area contributed by atoms with Gasteiger partial charge < -0.3 is 10.4 Å². The van der Waals surface area contributed by atoms with Crippen LogP contribution in [0, 0.1) is 6.92 Å². The second-order valence-electron chi connectivity index (χ2n) is 5.93. The minimum Gasteiger partial charge on any atom is -0.392 e. The van der Waals surface area contributed by atoms with Crippen molar-refractivity contribution < 1.29 is 9.90 Å². The van der Waals surface area contributed by atoms with Crippen molar-refractivity contribution in [2.45, 2.75) is 39.2 Å². The summed E-state index contributed by atoms with van der Waals surface area (Å²) >= 11 is 1.72. The van der Waals surface area contributed by atoms with Crippen LogP contribution in [0.4, 0.5) is 0 Å². The maximum Gasteiger partial charge on any atom is 0.291 e. The highest BCUT2D eigenvalue weighted by atomic mass is 32.1. The third kappa shape index (κ3) is 2.29. The molecule has 120 valence electrons. The van der Waals surface area contributed by atoms with Crippen LogP contribution in [0.25, 0.3) is 15.9 Å². The van der Waals surface area contributed by atoms with E-state index in [1.807, 2.05) is 6.92 Å². The predicted octanol–water partition coefficient (Wildman–Crippen LogP) is 1.25. The van der Waals surface area contributed by atoms with Gasteiger partial charge in [-0.15, -0.1) is 16.4 Å². The summed E-state index contributed by atoms with van der Waals surface area (Å²) in [5, 5.41) is 17.2. The van der Waals surface area contributed by atoms with Crippen molar-refractivity contribution in [3.63, 3.8) is 0 Å². The van der Waals surface area contributed by atoms with Crippen LogP contribution < -0.4 is 5.32 Å². The third-order valence-corrected chi connectivity index (χ3v) is 5.25. The number of aryl methyl sites for hydroxylation is 3. The molecule has 1 amide bonds. The fourth-order valence-corrected chi connectivity index (χ4v) is 4.31. The molecule has 0 aliphatic heterocycles. The minimum absolute atomic E-state index is 0.112. The number of hydrogen-bond acceptors (Lipinski definition) is 6. The number of carbonyl (C=O) groups is 1. The maximum absolute atomic E-state index is 12.2. The molecular formula is C15H17N5O2S. The summed E-state index contributed by atoms with van der Waals surface area (Å²) in [7, 11) is 0. The van der Waals surface area contributed by atoms with E-state index in [-0.39, 0.29) is 18.3 Å². The number of aromatic nitrogens is 4. The van der Waals surface area contributed by atoms with Crippen molar-refractivity contribution in [3.8, 4) is 0 Å². The zero-order valence-electron chi connectivity index (χ0n) is 13.0. The summed E-state index contributed by atoms with van der Waals surface area (Å²) in [4.78, 5) is 23.6. The molecule has 0 spiro atoms. The standard InChI is InChI=1S/C15H17N5O2S/c1-7(21)6-16-14(22)12-18-13-11-9-4-3-5-10(9)23-15(11)17-8(2)20(13)19-12/h7,21H,3-6H2,1-2H3,(H,16,22). The van der Waals surface area contributed by atoms with E-state index in [0.29, 0.717) is 5.65 Å². The van der Waals surface area contributed by atoms with E-state index in [1.165, 1.54) is 10.4 Å².